The van der Waals surface area contributed by atoms with Crippen LogP contribution in [-0.4, -0.2) is 18.2 Å². The molecule has 1 rings (SSSR count). The van der Waals surface area contributed by atoms with Crippen LogP contribution in [0.15, 0.2) is 35.7 Å². The molecule has 1 aromatic rings. The fourth-order valence-corrected chi connectivity index (χ4v) is 2.32. The van der Waals surface area contributed by atoms with Gasteiger partial charge >= 0.3 is 0 Å². The van der Waals surface area contributed by atoms with Crippen LogP contribution in [0.2, 0.25) is 0 Å². The van der Waals surface area contributed by atoms with Crippen LogP contribution >= 0.6 is 11.8 Å². The van der Waals surface area contributed by atoms with E-state index in [1.54, 1.807) is 17.8 Å². The van der Waals surface area contributed by atoms with Crippen molar-refractivity contribution in [3.05, 3.63) is 42.0 Å². The van der Waals surface area contributed by atoms with Crippen molar-refractivity contribution in [1.82, 2.24) is 5.32 Å². The highest BCUT2D eigenvalue weighted by Gasteiger charge is 2.04. The number of carbonyl (C=O) groups excluding carboxylic acids is 1. The number of benzene rings is 1. The number of rotatable bonds is 6. The first-order valence-electron chi connectivity index (χ1n) is 5.71. The van der Waals surface area contributed by atoms with E-state index in [4.69, 9.17) is 0 Å². The summed E-state index contributed by atoms with van der Waals surface area (Å²) in [7, 11) is 0. The molecule has 92 valence electrons. The summed E-state index contributed by atoms with van der Waals surface area (Å²) in [4.78, 5) is 12.7. The van der Waals surface area contributed by atoms with Gasteiger partial charge in [-0.3, -0.25) is 4.79 Å². The molecule has 3 heteroatoms. The summed E-state index contributed by atoms with van der Waals surface area (Å²) in [5.41, 5.74) is 2.45. The van der Waals surface area contributed by atoms with Crippen molar-refractivity contribution in [2.24, 2.45) is 0 Å². The van der Waals surface area contributed by atoms with Crippen LogP contribution in [0.1, 0.15) is 17.5 Å². The highest BCUT2D eigenvalue weighted by atomic mass is 32.2. The fraction of sp³-hybridized carbons (Fsp3) is 0.357. The first kappa shape index (κ1) is 13.8. The first-order chi connectivity index (χ1) is 8.13. The molecule has 0 aliphatic carbocycles. The van der Waals surface area contributed by atoms with Crippen LogP contribution in [-0.2, 0) is 4.79 Å². The molecule has 0 spiro atoms. The molecule has 0 fully saturated rings. The summed E-state index contributed by atoms with van der Waals surface area (Å²) in [6, 6.07) is 6.30. The molecule has 0 aromatic heterocycles. The van der Waals surface area contributed by atoms with Gasteiger partial charge in [-0.05, 0) is 31.9 Å². The van der Waals surface area contributed by atoms with Gasteiger partial charge < -0.3 is 5.32 Å². The van der Waals surface area contributed by atoms with E-state index >= 15 is 0 Å². The maximum absolute atomic E-state index is 11.5. The van der Waals surface area contributed by atoms with Gasteiger partial charge in [-0.15, -0.1) is 18.3 Å². The topological polar surface area (TPSA) is 29.1 Å². The van der Waals surface area contributed by atoms with Gasteiger partial charge in [0.15, 0.2) is 0 Å². The predicted molar refractivity (Wildman–Crippen MR) is 74.5 cm³/mol. The summed E-state index contributed by atoms with van der Waals surface area (Å²) >= 11 is 1.59. The van der Waals surface area contributed by atoms with Gasteiger partial charge in [0, 0.05) is 11.4 Å². The molecule has 0 saturated heterocycles. The van der Waals surface area contributed by atoms with Gasteiger partial charge in [0.05, 0.1) is 5.75 Å². The number of hydrogen-bond donors (Lipinski definition) is 1. The van der Waals surface area contributed by atoms with E-state index in [1.807, 2.05) is 0 Å². The van der Waals surface area contributed by atoms with Gasteiger partial charge in [0.1, 0.15) is 0 Å². The molecule has 0 atom stereocenters. The molecular formula is C14H19NOS. The van der Waals surface area contributed by atoms with Gasteiger partial charge in [-0.1, -0.05) is 23.8 Å². The molecule has 0 bridgehead atoms. The highest BCUT2D eigenvalue weighted by molar-refractivity contribution is 8.00. The largest absolute Gasteiger partial charge is 0.355 e. The summed E-state index contributed by atoms with van der Waals surface area (Å²) in [6.07, 6.45) is 2.62. The molecule has 0 aliphatic rings. The van der Waals surface area contributed by atoms with Gasteiger partial charge in [-0.2, -0.15) is 0 Å². The number of nitrogens with one attached hydrogen (secondary N) is 1. The third-order valence-corrected chi connectivity index (χ3v) is 3.53. The lowest BCUT2D eigenvalue weighted by Crippen LogP contribution is -2.25. The maximum atomic E-state index is 11.5. The Balaban J connectivity index is 2.41. The van der Waals surface area contributed by atoms with E-state index in [9.17, 15) is 4.79 Å². The predicted octanol–water partition coefficient (Wildman–Crippen LogP) is 3.09. The van der Waals surface area contributed by atoms with E-state index in [0.29, 0.717) is 12.3 Å². The Kier molecular flexibility index (Phi) is 5.84. The van der Waals surface area contributed by atoms with Crippen LogP contribution in [0.5, 0.6) is 0 Å². The van der Waals surface area contributed by atoms with Crippen LogP contribution in [0.3, 0.4) is 0 Å². The zero-order valence-electron chi connectivity index (χ0n) is 10.5. The van der Waals surface area contributed by atoms with Crippen molar-refractivity contribution in [2.45, 2.75) is 25.2 Å². The third-order valence-electron chi connectivity index (χ3n) is 2.37. The van der Waals surface area contributed by atoms with Crippen molar-refractivity contribution in [2.75, 3.05) is 12.3 Å². The SMILES string of the molecule is C=CCCNC(=O)CSc1cc(C)ccc1C. The van der Waals surface area contributed by atoms with E-state index in [2.05, 4.69) is 43.9 Å². The van der Waals surface area contributed by atoms with Gasteiger partial charge in [0.25, 0.3) is 0 Å². The molecular weight excluding hydrogens is 230 g/mol. The van der Waals surface area contributed by atoms with Crippen molar-refractivity contribution in [1.29, 1.82) is 0 Å². The van der Waals surface area contributed by atoms with Crippen molar-refractivity contribution in [3.63, 3.8) is 0 Å². The van der Waals surface area contributed by atoms with Crippen molar-refractivity contribution >= 4 is 17.7 Å². The molecule has 0 radical (unpaired) electrons. The Morgan fingerprint density at radius 2 is 2.24 bits per heavy atom. The van der Waals surface area contributed by atoms with Crippen LogP contribution in [0, 0.1) is 13.8 Å². The monoisotopic (exact) mass is 249 g/mol. The molecule has 0 unspecified atom stereocenters. The summed E-state index contributed by atoms with van der Waals surface area (Å²) in [5, 5.41) is 2.86. The van der Waals surface area contributed by atoms with Crippen molar-refractivity contribution in [3.8, 4) is 0 Å². The van der Waals surface area contributed by atoms with Crippen LogP contribution < -0.4 is 5.32 Å². The number of aryl methyl sites for hydroxylation is 2. The van der Waals surface area contributed by atoms with E-state index < -0.39 is 0 Å². The molecule has 1 amide bonds. The molecule has 0 heterocycles. The lowest BCUT2D eigenvalue weighted by molar-refractivity contribution is -0.118. The minimum absolute atomic E-state index is 0.0813. The second-order valence-corrected chi connectivity index (χ2v) is 5.00. The molecule has 0 saturated carbocycles. The van der Waals surface area contributed by atoms with Crippen LogP contribution in [0.25, 0.3) is 0 Å². The van der Waals surface area contributed by atoms with Crippen molar-refractivity contribution < 1.29 is 4.79 Å². The summed E-state index contributed by atoms with van der Waals surface area (Å²) in [6.45, 7) is 8.42. The highest BCUT2D eigenvalue weighted by Crippen LogP contribution is 2.23. The lowest BCUT2D eigenvalue weighted by atomic mass is 10.2. The molecule has 0 aliphatic heterocycles. The Labute approximate surface area is 107 Å². The first-order valence-corrected chi connectivity index (χ1v) is 6.69. The number of hydrogen-bond acceptors (Lipinski definition) is 2. The average Bonchev–Trinajstić information content (AvgIpc) is 2.31. The number of thioether (sulfide) groups is 1. The molecule has 1 aromatic carbocycles. The Morgan fingerprint density at radius 3 is 2.94 bits per heavy atom. The average molecular weight is 249 g/mol. The number of amides is 1. The lowest BCUT2D eigenvalue weighted by Gasteiger charge is -2.07. The Bertz CT molecular complexity index is 401. The second kappa shape index (κ2) is 7.17. The summed E-state index contributed by atoms with van der Waals surface area (Å²) in [5.74, 6) is 0.555. The Morgan fingerprint density at radius 1 is 1.47 bits per heavy atom. The fourth-order valence-electron chi connectivity index (χ4n) is 1.37. The zero-order chi connectivity index (χ0) is 12.7. The number of carbonyl (C=O) groups is 1. The minimum Gasteiger partial charge on any atom is -0.355 e. The van der Waals surface area contributed by atoms with E-state index in [1.165, 1.54) is 16.0 Å². The second-order valence-electron chi connectivity index (χ2n) is 3.98. The maximum Gasteiger partial charge on any atom is 0.230 e. The van der Waals surface area contributed by atoms with E-state index in [0.717, 1.165) is 6.42 Å². The normalized spacial score (nSPS) is 10.0. The molecule has 17 heavy (non-hydrogen) atoms. The van der Waals surface area contributed by atoms with E-state index in [-0.39, 0.29) is 5.91 Å². The van der Waals surface area contributed by atoms with Crippen LogP contribution in [0.4, 0.5) is 0 Å². The minimum atomic E-state index is 0.0813. The smallest absolute Gasteiger partial charge is 0.230 e. The molecule has 2 nitrogen and oxygen atoms in total. The van der Waals surface area contributed by atoms with Gasteiger partial charge in [0.2, 0.25) is 5.91 Å². The zero-order valence-corrected chi connectivity index (χ0v) is 11.3. The van der Waals surface area contributed by atoms with Gasteiger partial charge in [-0.25, -0.2) is 0 Å². The molecule has 1 N–H and O–H groups in total. The quantitative estimate of drug-likeness (QED) is 0.477. The summed E-state index contributed by atoms with van der Waals surface area (Å²) < 4.78 is 0. The Hall–Kier alpha value is -1.22. The standard InChI is InChI=1S/C14H19NOS/c1-4-5-8-15-14(16)10-17-13-9-11(2)6-7-12(13)3/h4,6-7,9H,1,5,8,10H2,2-3H3,(H,15,16). The third kappa shape index (κ3) is 5.09.